The van der Waals surface area contributed by atoms with E-state index in [1.54, 1.807) is 25.3 Å². The van der Waals surface area contributed by atoms with Gasteiger partial charge in [0.15, 0.2) is 5.76 Å². The van der Waals surface area contributed by atoms with Crippen LogP contribution in [0.3, 0.4) is 0 Å². The minimum Gasteiger partial charge on any atom is -0.480 e. The molecule has 3 N–H and O–H groups in total. The lowest BCUT2D eigenvalue weighted by atomic mass is 9.95. The number of anilines is 1. The number of hydrogen-bond donors (Lipinski definition) is 3. The van der Waals surface area contributed by atoms with Gasteiger partial charge in [0.1, 0.15) is 17.6 Å². The molecule has 0 aliphatic rings. The number of amides is 1. The van der Waals surface area contributed by atoms with Crippen LogP contribution < -0.4 is 10.6 Å². The summed E-state index contributed by atoms with van der Waals surface area (Å²) in [4.78, 5) is 29.3. The van der Waals surface area contributed by atoms with Crippen LogP contribution in [0.15, 0.2) is 65.3 Å². The average Bonchev–Trinajstić information content (AvgIpc) is 3.40. The average molecular weight is 524 g/mol. The first-order chi connectivity index (χ1) is 18.8. The van der Waals surface area contributed by atoms with Crippen molar-refractivity contribution in [1.82, 2.24) is 15.5 Å². The molecule has 2 heterocycles. The number of hydrogen-bond acceptors (Lipinski definition) is 7. The molecule has 0 fully saturated rings. The third-order valence-electron chi connectivity index (χ3n) is 6.37. The molecule has 2 aromatic heterocycles. The van der Waals surface area contributed by atoms with Crippen LogP contribution in [-0.2, 0) is 24.2 Å². The number of aromatic nitrogens is 2. The minimum absolute atomic E-state index is 0.107. The number of carbonyl (C=O) groups is 2. The van der Waals surface area contributed by atoms with Gasteiger partial charge in [0, 0.05) is 29.8 Å². The summed E-state index contributed by atoms with van der Waals surface area (Å²) in [5, 5.41) is 29.0. The smallest absolute Gasteiger partial charge is 0.326 e. The van der Waals surface area contributed by atoms with Gasteiger partial charge in [0.25, 0.3) is 5.91 Å². The number of carboxylic acid groups (broad SMARTS) is 1. The fourth-order valence-corrected chi connectivity index (χ4v) is 4.35. The van der Waals surface area contributed by atoms with Gasteiger partial charge in [-0.15, -0.1) is 0 Å². The highest BCUT2D eigenvalue weighted by atomic mass is 16.5. The maximum Gasteiger partial charge on any atom is 0.326 e. The quantitative estimate of drug-likeness (QED) is 0.269. The number of pyridine rings is 1. The van der Waals surface area contributed by atoms with E-state index in [9.17, 15) is 20.0 Å². The van der Waals surface area contributed by atoms with Crippen molar-refractivity contribution in [2.24, 2.45) is 0 Å². The van der Waals surface area contributed by atoms with E-state index in [4.69, 9.17) is 4.52 Å². The number of rotatable bonds is 10. The number of nitrogens with one attached hydrogen (secondary N) is 2. The second-order valence-electron chi connectivity index (χ2n) is 9.31. The van der Waals surface area contributed by atoms with E-state index in [1.165, 1.54) is 0 Å². The number of carboxylic acids is 1. The third kappa shape index (κ3) is 6.67. The Balaban J connectivity index is 1.42. The normalized spacial score (nSPS) is 11.4. The number of carbonyl (C=O) groups excluding carboxylic acids is 1. The highest BCUT2D eigenvalue weighted by molar-refractivity contribution is 5.99. The highest BCUT2D eigenvalue weighted by Gasteiger charge is 2.24. The van der Waals surface area contributed by atoms with Crippen LogP contribution in [0.25, 0.3) is 11.3 Å². The topological polar surface area (TPSA) is 141 Å². The molecule has 198 valence electrons. The maximum absolute atomic E-state index is 13.1. The molecule has 0 saturated heterocycles. The molecule has 0 aliphatic carbocycles. The molecule has 0 saturated carbocycles. The molecule has 0 bridgehead atoms. The van der Waals surface area contributed by atoms with E-state index in [2.05, 4.69) is 26.8 Å². The minimum atomic E-state index is -1.13. The summed E-state index contributed by atoms with van der Waals surface area (Å²) in [6, 6.07) is 17.3. The van der Waals surface area contributed by atoms with Gasteiger partial charge in [-0.05, 0) is 66.8 Å². The predicted molar refractivity (Wildman–Crippen MR) is 146 cm³/mol. The molecule has 0 radical (unpaired) electrons. The van der Waals surface area contributed by atoms with Crippen molar-refractivity contribution in [1.29, 1.82) is 5.26 Å². The zero-order valence-corrected chi connectivity index (χ0v) is 22.0. The number of nitrogens with zero attached hydrogens (tertiary/aromatic N) is 3. The summed E-state index contributed by atoms with van der Waals surface area (Å²) in [5.41, 5.74) is 5.53. The van der Waals surface area contributed by atoms with Crippen LogP contribution in [0.4, 0.5) is 5.82 Å². The van der Waals surface area contributed by atoms with Gasteiger partial charge < -0.3 is 20.3 Å². The summed E-state index contributed by atoms with van der Waals surface area (Å²) in [5.74, 6) is -0.204. The molecule has 1 amide bonds. The largest absolute Gasteiger partial charge is 0.480 e. The van der Waals surface area contributed by atoms with Gasteiger partial charge >= 0.3 is 5.97 Å². The second-order valence-corrected chi connectivity index (χ2v) is 9.31. The van der Waals surface area contributed by atoms with Gasteiger partial charge in [-0.3, -0.25) is 4.79 Å². The van der Waals surface area contributed by atoms with E-state index in [0.717, 1.165) is 22.5 Å². The van der Waals surface area contributed by atoms with Crippen LogP contribution in [0.1, 0.15) is 50.9 Å². The predicted octanol–water partition coefficient (Wildman–Crippen LogP) is 4.83. The first-order valence-electron chi connectivity index (χ1n) is 12.6. The molecule has 9 heteroatoms. The molecule has 1 atom stereocenters. The van der Waals surface area contributed by atoms with Crippen LogP contribution in [0.5, 0.6) is 0 Å². The van der Waals surface area contributed by atoms with Crippen LogP contribution in [-0.4, -0.2) is 33.2 Å². The van der Waals surface area contributed by atoms with Gasteiger partial charge in [0.05, 0.1) is 18.2 Å². The number of aryl methyl sites for hydroxylation is 3. The Kier molecular flexibility index (Phi) is 8.37. The first kappa shape index (κ1) is 27.1. The number of benzene rings is 2. The van der Waals surface area contributed by atoms with Gasteiger partial charge in [0.2, 0.25) is 0 Å². The molecule has 4 rings (SSSR count). The monoisotopic (exact) mass is 523 g/mol. The van der Waals surface area contributed by atoms with Crippen molar-refractivity contribution >= 4 is 17.7 Å². The Morgan fingerprint density at radius 1 is 1.10 bits per heavy atom. The fraction of sp³-hybridized carbons (Fsp3) is 0.233. The van der Waals surface area contributed by atoms with Crippen molar-refractivity contribution in [3.8, 4) is 17.3 Å². The van der Waals surface area contributed by atoms with Crippen molar-refractivity contribution in [2.75, 3.05) is 5.32 Å². The van der Waals surface area contributed by atoms with E-state index in [1.807, 2.05) is 56.3 Å². The van der Waals surface area contributed by atoms with E-state index in [0.29, 0.717) is 46.7 Å². The zero-order chi connectivity index (χ0) is 27.9. The van der Waals surface area contributed by atoms with Crippen molar-refractivity contribution in [2.45, 2.75) is 46.2 Å². The lowest BCUT2D eigenvalue weighted by molar-refractivity contribution is -0.139. The van der Waals surface area contributed by atoms with Crippen molar-refractivity contribution in [3.05, 3.63) is 99.9 Å². The lowest BCUT2D eigenvalue weighted by Gasteiger charge is -2.18. The molecule has 0 spiro atoms. The van der Waals surface area contributed by atoms with Gasteiger partial charge in [-0.25, -0.2) is 9.78 Å². The summed E-state index contributed by atoms with van der Waals surface area (Å²) < 4.78 is 5.44. The molecule has 9 nitrogen and oxygen atoms in total. The Labute approximate surface area is 226 Å². The Bertz CT molecular complexity index is 1540. The van der Waals surface area contributed by atoms with Gasteiger partial charge in [-0.1, -0.05) is 36.3 Å². The first-order valence-corrected chi connectivity index (χ1v) is 12.6. The number of nitriles is 1. The molecule has 0 aliphatic heterocycles. The maximum atomic E-state index is 13.1. The molecule has 4 aromatic rings. The Hall–Kier alpha value is -4.97. The Morgan fingerprint density at radius 2 is 1.87 bits per heavy atom. The summed E-state index contributed by atoms with van der Waals surface area (Å²) in [6.45, 7) is 6.06. The fourth-order valence-electron chi connectivity index (χ4n) is 4.35. The molecular formula is C30H29N5O4. The summed E-state index contributed by atoms with van der Waals surface area (Å²) in [7, 11) is 0. The second kappa shape index (κ2) is 12.0. The Morgan fingerprint density at radius 3 is 2.54 bits per heavy atom. The molecular weight excluding hydrogens is 494 g/mol. The van der Waals surface area contributed by atoms with Crippen LogP contribution >= 0.6 is 0 Å². The van der Waals surface area contributed by atoms with Gasteiger partial charge in [-0.2, -0.15) is 5.26 Å². The van der Waals surface area contributed by atoms with Crippen LogP contribution in [0.2, 0.25) is 0 Å². The molecule has 39 heavy (non-hydrogen) atoms. The van der Waals surface area contributed by atoms with E-state index < -0.39 is 17.9 Å². The summed E-state index contributed by atoms with van der Waals surface area (Å²) in [6.07, 6.45) is 2.39. The molecule has 2 aromatic carbocycles. The molecule has 1 unspecified atom stereocenters. The SMILES string of the molecule is CCc1cc(C#N)cc(C)c1C(=O)NC(Cc1ccc(-c2cc(CNc3cc(C)ccn3)on2)cc1)C(=O)O. The van der Waals surface area contributed by atoms with Crippen molar-refractivity contribution < 1.29 is 19.2 Å². The van der Waals surface area contributed by atoms with E-state index >= 15 is 0 Å². The van der Waals surface area contributed by atoms with Crippen molar-refractivity contribution in [3.63, 3.8) is 0 Å². The lowest BCUT2D eigenvalue weighted by Crippen LogP contribution is -2.42. The third-order valence-corrected chi connectivity index (χ3v) is 6.37. The standard InChI is InChI=1S/C30H29N5O4/c1-4-22-13-21(16-31)12-19(3)28(22)29(36)34-26(30(37)38)14-20-5-7-23(8-6-20)25-15-24(39-35-25)17-33-27-11-18(2)9-10-32-27/h5-13,15,26H,4,14,17H2,1-3H3,(H,32,33)(H,34,36)(H,37,38). The zero-order valence-electron chi connectivity index (χ0n) is 22.0. The highest BCUT2D eigenvalue weighted by Crippen LogP contribution is 2.22. The van der Waals surface area contributed by atoms with E-state index in [-0.39, 0.29) is 6.42 Å². The summed E-state index contributed by atoms with van der Waals surface area (Å²) >= 11 is 0. The van der Waals surface area contributed by atoms with Crippen LogP contribution in [0, 0.1) is 25.2 Å². The number of aliphatic carboxylic acids is 1.